The van der Waals surface area contributed by atoms with E-state index < -0.39 is 0 Å². The predicted octanol–water partition coefficient (Wildman–Crippen LogP) is 13.5. The van der Waals surface area contributed by atoms with Crippen LogP contribution in [0.2, 0.25) is 0 Å². The largest absolute Gasteiger partial charge is 0.309 e. The molecule has 0 saturated heterocycles. The highest BCUT2D eigenvalue weighted by Crippen LogP contribution is 2.53. The number of fused-ring (bicyclic) bond motifs is 10. The van der Waals surface area contributed by atoms with Crippen LogP contribution >= 0.6 is 0 Å². The van der Waals surface area contributed by atoms with Gasteiger partial charge in [0, 0.05) is 38.3 Å². The Balaban J connectivity index is 1.16. The lowest BCUT2D eigenvalue weighted by Crippen LogP contribution is -2.14. The number of benzene rings is 8. The van der Waals surface area contributed by atoms with Gasteiger partial charge in [0.1, 0.15) is 0 Å². The third-order valence-electron chi connectivity index (χ3n) is 11.7. The Labute approximate surface area is 308 Å². The first kappa shape index (κ1) is 30.0. The maximum atomic E-state index is 2.47. The number of nitrogens with zero attached hydrogens (tertiary/aromatic N) is 2. The average Bonchev–Trinajstić information content (AvgIpc) is 3.81. The molecule has 250 valence electrons. The van der Waals surface area contributed by atoms with Crippen LogP contribution in [0.3, 0.4) is 0 Å². The summed E-state index contributed by atoms with van der Waals surface area (Å²) in [4.78, 5) is 0. The van der Waals surface area contributed by atoms with Crippen molar-refractivity contribution in [2.24, 2.45) is 0 Å². The van der Waals surface area contributed by atoms with Crippen molar-refractivity contribution in [3.05, 3.63) is 193 Å². The molecule has 2 heteroatoms. The molecule has 0 atom stereocenters. The zero-order valence-electron chi connectivity index (χ0n) is 29.7. The maximum absolute atomic E-state index is 2.47. The number of aromatic nitrogens is 2. The van der Waals surface area contributed by atoms with E-state index in [0.717, 1.165) is 5.69 Å². The zero-order valence-corrected chi connectivity index (χ0v) is 29.7. The molecule has 1 aliphatic rings. The molecule has 11 rings (SSSR count). The number of rotatable bonds is 4. The molecule has 8 aromatic carbocycles. The summed E-state index contributed by atoms with van der Waals surface area (Å²) in [5.41, 5.74) is 17.5. The standard InChI is InChI=1S/C51H36N2/c1-51(2)43-19-11-9-18-40(43)49-44(51)27-30-48-50(49)42-32-36(24-29-47(42)53(48)38-25-21-34(22-26-38)33-13-5-3-6-14-33)35-23-28-46-41(31-35)39-17-10-12-20-45(39)52(46)37-15-7-4-8-16-37/h3-32H,1-2H3. The molecule has 0 unspecified atom stereocenters. The van der Waals surface area contributed by atoms with Crippen molar-refractivity contribution in [1.29, 1.82) is 0 Å². The molecule has 0 saturated carbocycles. The van der Waals surface area contributed by atoms with Gasteiger partial charge in [0.15, 0.2) is 0 Å². The Hall–Kier alpha value is -6.64. The smallest absolute Gasteiger partial charge is 0.0547 e. The van der Waals surface area contributed by atoms with Gasteiger partial charge in [0.05, 0.1) is 22.1 Å². The van der Waals surface area contributed by atoms with Crippen LogP contribution in [0.1, 0.15) is 25.0 Å². The van der Waals surface area contributed by atoms with Crippen molar-refractivity contribution in [3.8, 4) is 44.8 Å². The van der Waals surface area contributed by atoms with Crippen LogP contribution in [0.5, 0.6) is 0 Å². The quantitative estimate of drug-likeness (QED) is 0.176. The molecule has 53 heavy (non-hydrogen) atoms. The summed E-state index contributed by atoms with van der Waals surface area (Å²) in [5.74, 6) is 0. The Morgan fingerprint density at radius 3 is 1.66 bits per heavy atom. The molecule has 0 aliphatic heterocycles. The van der Waals surface area contributed by atoms with E-state index in [-0.39, 0.29) is 5.41 Å². The van der Waals surface area contributed by atoms with Gasteiger partial charge in [-0.05, 0) is 105 Å². The van der Waals surface area contributed by atoms with Crippen molar-refractivity contribution < 1.29 is 0 Å². The second kappa shape index (κ2) is 11.2. The Kier molecular flexibility index (Phi) is 6.33. The van der Waals surface area contributed by atoms with Crippen molar-refractivity contribution in [2.45, 2.75) is 19.3 Å². The first-order valence-corrected chi connectivity index (χ1v) is 18.5. The Bertz CT molecular complexity index is 3050. The van der Waals surface area contributed by atoms with Crippen LogP contribution in [0.25, 0.3) is 88.4 Å². The summed E-state index contributed by atoms with van der Waals surface area (Å²) < 4.78 is 4.85. The zero-order chi connectivity index (χ0) is 35.3. The lowest BCUT2D eigenvalue weighted by molar-refractivity contribution is 0.661. The van der Waals surface area contributed by atoms with E-state index in [1.165, 1.54) is 93.8 Å². The summed E-state index contributed by atoms with van der Waals surface area (Å²) in [6.45, 7) is 4.75. The van der Waals surface area contributed by atoms with Crippen LogP contribution in [-0.4, -0.2) is 9.13 Å². The normalized spacial score (nSPS) is 13.2. The van der Waals surface area contributed by atoms with Crippen LogP contribution in [0.4, 0.5) is 0 Å². The molecule has 2 aromatic heterocycles. The van der Waals surface area contributed by atoms with Gasteiger partial charge in [-0.15, -0.1) is 0 Å². The van der Waals surface area contributed by atoms with Gasteiger partial charge in [0.25, 0.3) is 0 Å². The molecule has 0 spiro atoms. The molecule has 10 aromatic rings. The van der Waals surface area contributed by atoms with Crippen molar-refractivity contribution >= 4 is 43.6 Å². The van der Waals surface area contributed by atoms with Crippen molar-refractivity contribution in [1.82, 2.24) is 9.13 Å². The van der Waals surface area contributed by atoms with Crippen LogP contribution in [-0.2, 0) is 5.41 Å². The fourth-order valence-corrected chi connectivity index (χ4v) is 9.20. The van der Waals surface area contributed by atoms with Gasteiger partial charge in [-0.2, -0.15) is 0 Å². The first-order chi connectivity index (χ1) is 26.1. The third-order valence-corrected chi connectivity index (χ3v) is 11.7. The fourth-order valence-electron chi connectivity index (χ4n) is 9.20. The van der Waals surface area contributed by atoms with E-state index in [4.69, 9.17) is 0 Å². The minimum atomic E-state index is -0.0819. The molecule has 0 bridgehead atoms. The van der Waals surface area contributed by atoms with Crippen LogP contribution in [0, 0.1) is 0 Å². The molecule has 2 nitrogen and oxygen atoms in total. The van der Waals surface area contributed by atoms with E-state index in [2.05, 4.69) is 205 Å². The number of hydrogen-bond donors (Lipinski definition) is 0. The van der Waals surface area contributed by atoms with E-state index in [0.29, 0.717) is 0 Å². The van der Waals surface area contributed by atoms with Gasteiger partial charge in [-0.1, -0.05) is 135 Å². The molecule has 2 heterocycles. The summed E-state index contributed by atoms with van der Waals surface area (Å²) in [6, 6.07) is 67.0. The summed E-state index contributed by atoms with van der Waals surface area (Å²) in [7, 11) is 0. The molecule has 0 amide bonds. The summed E-state index contributed by atoms with van der Waals surface area (Å²) in [6.07, 6.45) is 0. The lowest BCUT2D eigenvalue weighted by Gasteiger charge is -2.21. The van der Waals surface area contributed by atoms with Crippen LogP contribution in [0.15, 0.2) is 182 Å². The highest BCUT2D eigenvalue weighted by molar-refractivity contribution is 6.19. The Morgan fingerprint density at radius 1 is 0.358 bits per heavy atom. The molecule has 0 N–H and O–H groups in total. The molecular formula is C51H36N2. The first-order valence-electron chi connectivity index (χ1n) is 18.5. The lowest BCUT2D eigenvalue weighted by atomic mass is 9.82. The highest BCUT2D eigenvalue weighted by atomic mass is 15.0. The second-order valence-electron chi connectivity index (χ2n) is 15.0. The number of hydrogen-bond acceptors (Lipinski definition) is 0. The predicted molar refractivity (Wildman–Crippen MR) is 224 cm³/mol. The number of para-hydroxylation sites is 2. The summed E-state index contributed by atoms with van der Waals surface area (Å²) in [5, 5.41) is 5.13. The molecular weight excluding hydrogens is 641 g/mol. The average molecular weight is 677 g/mol. The minimum absolute atomic E-state index is 0.0819. The van der Waals surface area contributed by atoms with Crippen molar-refractivity contribution in [3.63, 3.8) is 0 Å². The molecule has 1 aliphatic carbocycles. The second-order valence-corrected chi connectivity index (χ2v) is 15.0. The molecule has 0 fully saturated rings. The van der Waals surface area contributed by atoms with Gasteiger partial charge < -0.3 is 9.13 Å². The van der Waals surface area contributed by atoms with Gasteiger partial charge in [-0.3, -0.25) is 0 Å². The maximum Gasteiger partial charge on any atom is 0.0547 e. The van der Waals surface area contributed by atoms with E-state index >= 15 is 0 Å². The Morgan fingerprint density at radius 2 is 0.887 bits per heavy atom. The monoisotopic (exact) mass is 676 g/mol. The van der Waals surface area contributed by atoms with E-state index in [1.807, 2.05) is 0 Å². The highest BCUT2D eigenvalue weighted by Gasteiger charge is 2.37. The van der Waals surface area contributed by atoms with E-state index in [9.17, 15) is 0 Å². The van der Waals surface area contributed by atoms with Gasteiger partial charge in [0.2, 0.25) is 0 Å². The van der Waals surface area contributed by atoms with Gasteiger partial charge in [-0.25, -0.2) is 0 Å². The van der Waals surface area contributed by atoms with Gasteiger partial charge >= 0.3 is 0 Å². The minimum Gasteiger partial charge on any atom is -0.309 e. The fraction of sp³-hybridized carbons (Fsp3) is 0.0588. The topological polar surface area (TPSA) is 9.86 Å². The third kappa shape index (κ3) is 4.33. The van der Waals surface area contributed by atoms with E-state index in [1.54, 1.807) is 0 Å². The van der Waals surface area contributed by atoms with Crippen molar-refractivity contribution in [2.75, 3.05) is 0 Å². The molecule has 0 radical (unpaired) electrons. The summed E-state index contributed by atoms with van der Waals surface area (Å²) >= 11 is 0. The SMILES string of the molecule is CC1(C)c2ccccc2-c2c1ccc1c2c2cc(-c3ccc4c(c3)c3ccccc3n4-c3ccccc3)ccc2n1-c1ccc(-c2ccccc2)cc1. The van der Waals surface area contributed by atoms with Crippen LogP contribution < -0.4 is 0 Å².